The van der Waals surface area contributed by atoms with E-state index in [9.17, 15) is 0 Å². The zero-order valence-electron chi connectivity index (χ0n) is 15.3. The third-order valence-electron chi connectivity index (χ3n) is 5.02. The summed E-state index contributed by atoms with van der Waals surface area (Å²) in [5.74, 6) is 3.26. The predicted octanol–water partition coefficient (Wildman–Crippen LogP) is 3.49. The first-order valence-electron chi connectivity index (χ1n) is 9.40. The quantitative estimate of drug-likeness (QED) is 0.569. The molecular weight excluding hydrogens is 356 g/mol. The molecule has 1 aliphatic rings. The maximum Gasteiger partial charge on any atom is 0.231 e. The zero-order valence-corrected chi connectivity index (χ0v) is 15.3. The summed E-state index contributed by atoms with van der Waals surface area (Å²) in [6.45, 7) is 2.66. The smallest absolute Gasteiger partial charge is 0.231 e. The van der Waals surface area contributed by atoms with Crippen LogP contribution in [0.3, 0.4) is 0 Å². The van der Waals surface area contributed by atoms with Gasteiger partial charge in [0.15, 0.2) is 5.76 Å². The minimum absolute atomic E-state index is 0.230. The topological polar surface area (TPSA) is 96.9 Å². The van der Waals surface area contributed by atoms with Crippen LogP contribution in [0.25, 0.3) is 22.8 Å². The van der Waals surface area contributed by atoms with E-state index in [1.807, 2.05) is 30.3 Å². The molecular formula is C20H20N6O2. The van der Waals surface area contributed by atoms with Gasteiger partial charge in [0.05, 0.1) is 12.5 Å². The number of rotatable bonds is 5. The summed E-state index contributed by atoms with van der Waals surface area (Å²) in [4.78, 5) is 11.1. The second-order valence-electron chi connectivity index (χ2n) is 7.01. The third kappa shape index (κ3) is 3.46. The molecule has 1 N–H and O–H groups in total. The molecule has 0 amide bonds. The van der Waals surface area contributed by atoms with Crippen LogP contribution in [0.1, 0.15) is 30.4 Å². The standard InChI is InChI=1S/C20H20N6O2/c1-3-14(11-21-8-1)19-23-20(28-25-19)15-4-2-10-26(12-15)13-16-5-6-18(27-16)17-7-9-22-24-17/h1,3,5-9,11,15H,2,4,10,12-13H2,(H,22,24). The van der Waals surface area contributed by atoms with Gasteiger partial charge in [0, 0.05) is 30.7 Å². The molecule has 0 spiro atoms. The van der Waals surface area contributed by atoms with Crippen LogP contribution >= 0.6 is 0 Å². The average molecular weight is 376 g/mol. The van der Waals surface area contributed by atoms with E-state index in [4.69, 9.17) is 8.94 Å². The van der Waals surface area contributed by atoms with Crippen molar-refractivity contribution < 1.29 is 8.94 Å². The highest BCUT2D eigenvalue weighted by molar-refractivity contribution is 5.52. The van der Waals surface area contributed by atoms with E-state index in [0.717, 1.165) is 55.3 Å². The van der Waals surface area contributed by atoms with Gasteiger partial charge in [0.25, 0.3) is 0 Å². The van der Waals surface area contributed by atoms with E-state index in [1.165, 1.54) is 0 Å². The Kier molecular flexibility index (Phi) is 4.46. The number of H-pyrrole nitrogens is 1. The lowest BCUT2D eigenvalue weighted by Gasteiger charge is -2.30. The second-order valence-corrected chi connectivity index (χ2v) is 7.01. The van der Waals surface area contributed by atoms with Crippen LogP contribution in [0.2, 0.25) is 0 Å². The molecule has 1 fully saturated rings. The number of hydrogen-bond acceptors (Lipinski definition) is 7. The lowest BCUT2D eigenvalue weighted by Crippen LogP contribution is -2.33. The summed E-state index contributed by atoms with van der Waals surface area (Å²) in [7, 11) is 0. The highest BCUT2D eigenvalue weighted by atomic mass is 16.5. The molecule has 1 unspecified atom stereocenters. The largest absolute Gasteiger partial charge is 0.458 e. The van der Waals surface area contributed by atoms with Crippen molar-refractivity contribution in [2.45, 2.75) is 25.3 Å². The van der Waals surface area contributed by atoms with Crippen LogP contribution in [0, 0.1) is 0 Å². The van der Waals surface area contributed by atoms with E-state index in [1.54, 1.807) is 18.6 Å². The predicted molar refractivity (Wildman–Crippen MR) is 101 cm³/mol. The molecule has 4 aromatic rings. The van der Waals surface area contributed by atoms with E-state index < -0.39 is 0 Å². The van der Waals surface area contributed by atoms with Crippen molar-refractivity contribution in [3.8, 4) is 22.8 Å². The molecule has 0 aliphatic carbocycles. The number of likely N-dealkylation sites (tertiary alicyclic amines) is 1. The first-order chi connectivity index (χ1) is 13.8. The number of hydrogen-bond donors (Lipinski definition) is 1. The van der Waals surface area contributed by atoms with Crippen molar-refractivity contribution >= 4 is 0 Å². The van der Waals surface area contributed by atoms with Crippen LogP contribution < -0.4 is 0 Å². The van der Waals surface area contributed by atoms with Crippen molar-refractivity contribution in [1.29, 1.82) is 0 Å². The molecule has 8 nitrogen and oxygen atoms in total. The van der Waals surface area contributed by atoms with Crippen molar-refractivity contribution in [2.75, 3.05) is 13.1 Å². The van der Waals surface area contributed by atoms with Gasteiger partial charge in [-0.1, -0.05) is 5.16 Å². The van der Waals surface area contributed by atoms with E-state index in [2.05, 4.69) is 30.2 Å². The first kappa shape index (κ1) is 16.9. The maximum absolute atomic E-state index is 5.96. The Balaban J connectivity index is 1.26. The summed E-state index contributed by atoms with van der Waals surface area (Å²) in [5, 5.41) is 11.0. The van der Waals surface area contributed by atoms with Gasteiger partial charge in [-0.2, -0.15) is 10.1 Å². The molecule has 5 heterocycles. The Morgan fingerprint density at radius 1 is 1.18 bits per heavy atom. The Morgan fingerprint density at radius 2 is 2.18 bits per heavy atom. The highest BCUT2D eigenvalue weighted by Crippen LogP contribution is 2.29. The lowest BCUT2D eigenvalue weighted by molar-refractivity contribution is 0.170. The Labute approximate surface area is 161 Å². The minimum Gasteiger partial charge on any atom is -0.458 e. The lowest BCUT2D eigenvalue weighted by atomic mass is 9.98. The number of furan rings is 1. The van der Waals surface area contributed by atoms with Gasteiger partial charge in [-0.05, 0) is 49.7 Å². The van der Waals surface area contributed by atoms with E-state index >= 15 is 0 Å². The molecule has 8 heteroatoms. The Morgan fingerprint density at radius 3 is 3.04 bits per heavy atom. The Bertz CT molecular complexity index is 1020. The molecule has 0 saturated carbocycles. The number of aromatic nitrogens is 5. The molecule has 4 aromatic heterocycles. The van der Waals surface area contributed by atoms with E-state index in [0.29, 0.717) is 11.7 Å². The van der Waals surface area contributed by atoms with Crippen LogP contribution in [0.4, 0.5) is 0 Å². The van der Waals surface area contributed by atoms with Crippen molar-refractivity contribution in [3.05, 3.63) is 60.6 Å². The van der Waals surface area contributed by atoms with Gasteiger partial charge < -0.3 is 8.94 Å². The van der Waals surface area contributed by atoms with Crippen LogP contribution in [-0.4, -0.2) is 43.3 Å². The fourth-order valence-corrected chi connectivity index (χ4v) is 3.64. The molecule has 1 saturated heterocycles. The SMILES string of the molecule is c1cncc(-c2noc(C3CCCN(Cc4ccc(-c5ccn[nH]5)o4)C3)n2)c1. The molecule has 5 rings (SSSR count). The molecule has 142 valence electrons. The minimum atomic E-state index is 0.230. The van der Waals surface area contributed by atoms with Crippen LogP contribution in [0.5, 0.6) is 0 Å². The second kappa shape index (κ2) is 7.40. The fraction of sp³-hybridized carbons (Fsp3) is 0.300. The van der Waals surface area contributed by atoms with Crippen molar-refractivity contribution in [2.24, 2.45) is 0 Å². The molecule has 1 aliphatic heterocycles. The third-order valence-corrected chi connectivity index (χ3v) is 5.02. The molecule has 0 radical (unpaired) electrons. The van der Waals surface area contributed by atoms with Gasteiger partial charge in [0.2, 0.25) is 11.7 Å². The summed E-state index contributed by atoms with van der Waals surface area (Å²) in [5.41, 5.74) is 1.75. The average Bonchev–Trinajstić information content (AvgIpc) is 3.50. The summed E-state index contributed by atoms with van der Waals surface area (Å²) < 4.78 is 11.5. The van der Waals surface area contributed by atoms with Gasteiger partial charge in [-0.25, -0.2) is 0 Å². The first-order valence-corrected chi connectivity index (χ1v) is 9.40. The number of nitrogens with zero attached hydrogens (tertiary/aromatic N) is 5. The van der Waals surface area contributed by atoms with Gasteiger partial charge in [-0.3, -0.25) is 15.0 Å². The number of nitrogens with one attached hydrogen (secondary N) is 1. The summed E-state index contributed by atoms with van der Waals surface area (Å²) in [6, 6.07) is 9.70. The summed E-state index contributed by atoms with van der Waals surface area (Å²) in [6.07, 6.45) is 7.33. The summed E-state index contributed by atoms with van der Waals surface area (Å²) >= 11 is 0. The van der Waals surface area contributed by atoms with E-state index in [-0.39, 0.29) is 5.92 Å². The molecule has 1 atom stereocenters. The van der Waals surface area contributed by atoms with Crippen molar-refractivity contribution in [1.82, 2.24) is 30.2 Å². The molecule has 28 heavy (non-hydrogen) atoms. The van der Waals surface area contributed by atoms with Gasteiger partial charge >= 0.3 is 0 Å². The molecule has 0 aromatic carbocycles. The molecule has 0 bridgehead atoms. The maximum atomic E-state index is 5.96. The Hall–Kier alpha value is -3.26. The number of aromatic amines is 1. The fourth-order valence-electron chi connectivity index (χ4n) is 3.64. The zero-order chi connectivity index (χ0) is 18.8. The van der Waals surface area contributed by atoms with Crippen LogP contribution in [-0.2, 0) is 6.54 Å². The van der Waals surface area contributed by atoms with Crippen molar-refractivity contribution in [3.63, 3.8) is 0 Å². The van der Waals surface area contributed by atoms with Crippen LogP contribution in [0.15, 0.2) is 57.9 Å². The number of pyridine rings is 1. The van der Waals surface area contributed by atoms with Gasteiger partial charge in [-0.15, -0.1) is 0 Å². The monoisotopic (exact) mass is 376 g/mol. The van der Waals surface area contributed by atoms with Gasteiger partial charge in [0.1, 0.15) is 11.5 Å². The number of piperidine rings is 1. The normalized spacial score (nSPS) is 17.8. The highest BCUT2D eigenvalue weighted by Gasteiger charge is 2.27.